The zero-order valence-corrected chi connectivity index (χ0v) is 9.41. The molecule has 0 fully saturated rings. The predicted molar refractivity (Wildman–Crippen MR) is 69.3 cm³/mol. The Balaban J connectivity index is -0.000000209. The van der Waals surface area contributed by atoms with Gasteiger partial charge in [-0.25, -0.2) is 0 Å². The van der Waals surface area contributed by atoms with Crippen molar-refractivity contribution in [1.82, 2.24) is 5.32 Å². The first kappa shape index (κ1) is 20.4. The molecule has 5 N–H and O–H groups in total. The van der Waals surface area contributed by atoms with Crippen LogP contribution in [0.15, 0.2) is 0 Å². The van der Waals surface area contributed by atoms with Gasteiger partial charge in [0.25, 0.3) is 10.3 Å². The van der Waals surface area contributed by atoms with E-state index in [2.05, 4.69) is 49.3 Å². The van der Waals surface area contributed by atoms with Crippen LogP contribution in [0.4, 0.5) is 0 Å². The van der Waals surface area contributed by atoms with Crippen LogP contribution in [0.25, 0.3) is 0 Å². The summed E-state index contributed by atoms with van der Waals surface area (Å²) in [6.07, 6.45) is 1.99. The van der Waals surface area contributed by atoms with Crippen LogP contribution in [-0.4, -0.2) is 78.0 Å². The fourth-order valence-corrected chi connectivity index (χ4v) is 0.834. The van der Waals surface area contributed by atoms with Crippen molar-refractivity contribution >= 4 is 86.2 Å². The maximum absolute atomic E-state index is 8.61. The standard InChI is InChI=1S/C6H13NOS.CH3NOS.K.H/c1-3-5(4-2)7-6(8)9;2-1(3)4;;/h5H,3-4H2,1-2H3,(H2,7,8,9);(H3,2,3,4);;. The number of hydrogen-bond donors (Lipinski definition) is 4. The third kappa shape index (κ3) is 23.1. The molecule has 0 radical (unpaired) electrons. The summed E-state index contributed by atoms with van der Waals surface area (Å²) in [5, 5.41) is 18.3. The molecule has 80 valence electrons. The molecule has 0 saturated heterocycles. The van der Waals surface area contributed by atoms with Gasteiger partial charge in [0.2, 0.25) is 0 Å². The van der Waals surface area contributed by atoms with Crippen LogP contribution < -0.4 is 11.1 Å². The molecule has 14 heavy (non-hydrogen) atoms. The summed E-state index contributed by atoms with van der Waals surface area (Å²) >= 11 is 8.32. The van der Waals surface area contributed by atoms with E-state index in [4.69, 9.17) is 10.2 Å². The number of thiocarbonyl (C=S) groups is 2. The third-order valence-corrected chi connectivity index (χ3v) is 1.43. The van der Waals surface area contributed by atoms with E-state index in [1.165, 1.54) is 0 Å². The van der Waals surface area contributed by atoms with Gasteiger partial charge in [-0.05, 0) is 37.3 Å². The molecule has 0 saturated carbocycles. The zero-order chi connectivity index (χ0) is 10.9. The van der Waals surface area contributed by atoms with Crippen LogP contribution in [0.2, 0.25) is 0 Å². The molecular weight excluding hydrogens is 247 g/mol. The van der Waals surface area contributed by atoms with Gasteiger partial charge in [-0.15, -0.1) is 0 Å². The van der Waals surface area contributed by atoms with Crippen LogP contribution in [0.3, 0.4) is 0 Å². The Bertz CT molecular complexity index is 162. The van der Waals surface area contributed by atoms with Gasteiger partial charge in [-0.2, -0.15) is 0 Å². The maximum atomic E-state index is 8.61. The van der Waals surface area contributed by atoms with Crippen molar-refractivity contribution in [1.29, 1.82) is 0 Å². The van der Waals surface area contributed by atoms with E-state index >= 15 is 0 Å². The van der Waals surface area contributed by atoms with Crippen molar-refractivity contribution < 1.29 is 10.2 Å². The molecule has 0 rings (SSSR count). The average Bonchev–Trinajstić information content (AvgIpc) is 1.98. The second-order valence-corrected chi connectivity index (χ2v) is 3.11. The van der Waals surface area contributed by atoms with Crippen LogP contribution >= 0.6 is 24.4 Å². The van der Waals surface area contributed by atoms with E-state index in [0.717, 1.165) is 12.8 Å². The SMILES string of the molecule is CCC(CC)NC(O)=S.NC(O)=S.[KH]. The number of nitrogens with one attached hydrogen (secondary N) is 1. The second-order valence-electron chi connectivity index (χ2n) is 2.30. The molecule has 0 unspecified atom stereocenters. The van der Waals surface area contributed by atoms with Gasteiger partial charge in [-0.3, -0.25) is 0 Å². The van der Waals surface area contributed by atoms with E-state index in [9.17, 15) is 0 Å². The molecule has 7 heteroatoms. The quantitative estimate of drug-likeness (QED) is 0.445. The molecule has 0 heterocycles. The summed E-state index contributed by atoms with van der Waals surface area (Å²) in [5.74, 6) is 0. The first-order valence-electron chi connectivity index (χ1n) is 3.91. The van der Waals surface area contributed by atoms with E-state index in [0.29, 0.717) is 6.04 Å². The molecule has 0 spiro atoms. The van der Waals surface area contributed by atoms with E-state index in [-0.39, 0.29) is 56.6 Å². The zero-order valence-electron chi connectivity index (χ0n) is 7.78. The molecule has 0 amide bonds. The van der Waals surface area contributed by atoms with Crippen molar-refractivity contribution in [2.45, 2.75) is 32.7 Å². The first-order valence-corrected chi connectivity index (χ1v) is 4.73. The van der Waals surface area contributed by atoms with E-state index in [1.807, 2.05) is 0 Å². The third-order valence-electron chi connectivity index (χ3n) is 1.31. The van der Waals surface area contributed by atoms with Gasteiger partial charge in [0.05, 0.1) is 0 Å². The monoisotopic (exact) mass is 264 g/mol. The Labute approximate surface area is 138 Å². The molecule has 4 nitrogen and oxygen atoms in total. The number of aliphatic hydroxyl groups is 2. The Morgan fingerprint density at radius 2 is 1.57 bits per heavy atom. The normalized spacial score (nSPS) is 7.93. The molecule has 0 aromatic carbocycles. The molecule has 0 bridgehead atoms. The van der Waals surface area contributed by atoms with Gasteiger partial charge in [0, 0.05) is 6.04 Å². The van der Waals surface area contributed by atoms with Crippen LogP contribution in [0, 0.1) is 0 Å². The molecular formula is C7H17KN2O2S2. The molecule has 0 atom stereocenters. The topological polar surface area (TPSA) is 78.5 Å². The summed E-state index contributed by atoms with van der Waals surface area (Å²) in [7, 11) is 0. The van der Waals surface area contributed by atoms with Crippen molar-refractivity contribution in [3.8, 4) is 0 Å². The van der Waals surface area contributed by atoms with Crippen molar-refractivity contribution in [2.24, 2.45) is 5.73 Å². The Morgan fingerprint density at radius 1 is 1.29 bits per heavy atom. The second kappa shape index (κ2) is 14.0. The fraction of sp³-hybridized carbons (Fsp3) is 0.714. The molecule has 0 aromatic heterocycles. The minimum absolute atomic E-state index is 0. The van der Waals surface area contributed by atoms with Gasteiger partial charge in [0.15, 0.2) is 0 Å². The Hall–Kier alpha value is 1.02. The predicted octanol–water partition coefficient (Wildman–Crippen LogP) is 0.747. The molecule has 0 aliphatic heterocycles. The van der Waals surface area contributed by atoms with Gasteiger partial charge in [0.1, 0.15) is 0 Å². The molecule has 0 aliphatic rings. The molecule has 0 aromatic rings. The summed E-state index contributed by atoms with van der Waals surface area (Å²) in [4.78, 5) is 0. The van der Waals surface area contributed by atoms with E-state index in [1.54, 1.807) is 0 Å². The molecule has 0 aliphatic carbocycles. The van der Waals surface area contributed by atoms with Crippen molar-refractivity contribution in [3.05, 3.63) is 0 Å². The fourth-order valence-electron chi connectivity index (χ4n) is 0.667. The first-order chi connectivity index (χ1) is 5.93. The Kier molecular flexibility index (Phi) is 20.5. The summed E-state index contributed by atoms with van der Waals surface area (Å²) in [5.41, 5.74) is 4.40. The minimum atomic E-state index is -0.500. The summed E-state index contributed by atoms with van der Waals surface area (Å²) in [6, 6.07) is 0.336. The number of aliphatic hydroxyl groups excluding tert-OH is 2. The van der Waals surface area contributed by atoms with Crippen LogP contribution in [0.1, 0.15) is 26.7 Å². The summed E-state index contributed by atoms with van der Waals surface area (Å²) < 4.78 is 0. The number of rotatable bonds is 3. The summed E-state index contributed by atoms with van der Waals surface area (Å²) in [6.45, 7) is 4.11. The van der Waals surface area contributed by atoms with E-state index < -0.39 is 5.17 Å². The van der Waals surface area contributed by atoms with Crippen molar-refractivity contribution in [3.63, 3.8) is 0 Å². The average molecular weight is 264 g/mol. The number of hydrogen-bond acceptors (Lipinski definition) is 2. The van der Waals surface area contributed by atoms with Crippen LogP contribution in [0.5, 0.6) is 0 Å². The van der Waals surface area contributed by atoms with Gasteiger partial charge >= 0.3 is 51.4 Å². The van der Waals surface area contributed by atoms with Crippen LogP contribution in [-0.2, 0) is 0 Å². The van der Waals surface area contributed by atoms with Crippen molar-refractivity contribution in [2.75, 3.05) is 0 Å². The van der Waals surface area contributed by atoms with Gasteiger partial charge in [-0.1, -0.05) is 13.8 Å². The number of nitrogens with two attached hydrogens (primary N) is 1. The van der Waals surface area contributed by atoms with Gasteiger partial charge < -0.3 is 21.3 Å². The Morgan fingerprint density at radius 3 is 1.64 bits per heavy atom.